The van der Waals surface area contributed by atoms with Crippen LogP contribution in [-0.2, 0) is 9.53 Å². The molecule has 1 aliphatic carbocycles. The maximum atomic E-state index is 11.4. The van der Waals surface area contributed by atoms with E-state index >= 15 is 0 Å². The van der Waals surface area contributed by atoms with Crippen LogP contribution in [0, 0.1) is 17.8 Å². The van der Waals surface area contributed by atoms with Crippen molar-refractivity contribution in [3.63, 3.8) is 0 Å². The molecule has 0 heterocycles. The van der Waals surface area contributed by atoms with Crippen LogP contribution in [0.15, 0.2) is 0 Å². The normalized spacial score (nSPS) is 26.7. The molecule has 3 nitrogen and oxygen atoms in total. The van der Waals surface area contributed by atoms with Gasteiger partial charge >= 0.3 is 5.97 Å². The average Bonchev–Trinajstić information content (AvgIpc) is 2.64. The first-order valence-corrected chi connectivity index (χ1v) is 6.50. The van der Waals surface area contributed by atoms with Crippen molar-refractivity contribution in [3.05, 3.63) is 0 Å². The molecule has 1 rings (SSSR count). The molecule has 0 aromatic rings. The predicted octanol–water partition coefficient (Wildman–Crippen LogP) is 2.21. The summed E-state index contributed by atoms with van der Waals surface area (Å²) >= 11 is 0. The molecular formula is C13H25NO2. The lowest BCUT2D eigenvalue weighted by Gasteiger charge is -2.14. The third-order valence-electron chi connectivity index (χ3n) is 3.38. The molecule has 0 radical (unpaired) electrons. The van der Waals surface area contributed by atoms with E-state index in [1.807, 2.05) is 13.8 Å². The number of nitrogens with one attached hydrogen (secondary N) is 1. The van der Waals surface area contributed by atoms with Gasteiger partial charge in [-0.2, -0.15) is 0 Å². The number of ether oxygens (including phenoxy) is 1. The minimum absolute atomic E-state index is 0.0289. The third-order valence-corrected chi connectivity index (χ3v) is 3.38. The molecule has 94 valence electrons. The lowest BCUT2D eigenvalue weighted by Crippen LogP contribution is -2.30. The number of esters is 1. The maximum absolute atomic E-state index is 11.4. The van der Waals surface area contributed by atoms with Crippen LogP contribution in [0.2, 0.25) is 0 Å². The van der Waals surface area contributed by atoms with Gasteiger partial charge in [0.25, 0.3) is 0 Å². The molecule has 1 N–H and O–H groups in total. The Bertz CT molecular complexity index is 218. The average molecular weight is 227 g/mol. The quantitative estimate of drug-likeness (QED) is 0.707. The van der Waals surface area contributed by atoms with Crippen molar-refractivity contribution in [1.82, 2.24) is 5.32 Å². The third kappa shape index (κ3) is 4.52. The van der Waals surface area contributed by atoms with Gasteiger partial charge in [-0.25, -0.2) is 0 Å². The molecule has 3 atom stereocenters. The first-order chi connectivity index (χ1) is 7.63. The van der Waals surface area contributed by atoms with Gasteiger partial charge in [-0.3, -0.25) is 4.79 Å². The monoisotopic (exact) mass is 227 g/mol. The number of hydrogen-bond donors (Lipinski definition) is 1. The molecule has 0 aromatic heterocycles. The summed E-state index contributed by atoms with van der Waals surface area (Å²) in [5.74, 6) is 1.58. The van der Waals surface area contributed by atoms with Gasteiger partial charge in [-0.05, 0) is 38.1 Å². The number of carbonyl (C=O) groups is 1. The Kier molecular flexibility index (Phi) is 5.81. The first-order valence-electron chi connectivity index (χ1n) is 6.50. The van der Waals surface area contributed by atoms with Gasteiger partial charge < -0.3 is 10.1 Å². The topological polar surface area (TPSA) is 38.3 Å². The summed E-state index contributed by atoms with van der Waals surface area (Å²) in [6.07, 6.45) is 4.03. The zero-order valence-corrected chi connectivity index (χ0v) is 10.8. The minimum Gasteiger partial charge on any atom is -0.466 e. The molecule has 1 aliphatic rings. The van der Waals surface area contributed by atoms with Crippen molar-refractivity contribution in [2.24, 2.45) is 17.8 Å². The van der Waals surface area contributed by atoms with Crippen LogP contribution in [0.5, 0.6) is 0 Å². The highest BCUT2D eigenvalue weighted by atomic mass is 16.5. The number of hydrogen-bond acceptors (Lipinski definition) is 3. The van der Waals surface area contributed by atoms with Crippen LogP contribution < -0.4 is 5.32 Å². The Hall–Kier alpha value is -0.570. The molecule has 0 aromatic carbocycles. The van der Waals surface area contributed by atoms with Crippen LogP contribution in [0.1, 0.15) is 40.0 Å². The van der Waals surface area contributed by atoms with Gasteiger partial charge in [0, 0.05) is 6.54 Å². The fraction of sp³-hybridized carbons (Fsp3) is 0.923. The van der Waals surface area contributed by atoms with Crippen molar-refractivity contribution in [2.75, 3.05) is 19.7 Å². The highest BCUT2D eigenvalue weighted by Gasteiger charge is 2.21. The lowest BCUT2D eigenvalue weighted by molar-refractivity contribution is -0.147. The van der Waals surface area contributed by atoms with E-state index in [9.17, 15) is 4.79 Å². The fourth-order valence-electron chi connectivity index (χ4n) is 2.38. The molecular weight excluding hydrogens is 202 g/mol. The van der Waals surface area contributed by atoms with Crippen LogP contribution in [0.3, 0.4) is 0 Å². The van der Waals surface area contributed by atoms with Crippen molar-refractivity contribution < 1.29 is 9.53 Å². The number of rotatable bonds is 6. The molecule has 0 saturated heterocycles. The maximum Gasteiger partial charge on any atom is 0.309 e. The summed E-state index contributed by atoms with van der Waals surface area (Å²) in [4.78, 5) is 11.4. The SMILES string of the molecule is CCOC(=O)C(C)CNCC1CCC(C)C1. The molecule has 0 bridgehead atoms. The highest BCUT2D eigenvalue weighted by molar-refractivity contribution is 5.72. The summed E-state index contributed by atoms with van der Waals surface area (Å²) in [5.41, 5.74) is 0. The summed E-state index contributed by atoms with van der Waals surface area (Å²) < 4.78 is 4.96. The Labute approximate surface area is 98.9 Å². The van der Waals surface area contributed by atoms with Crippen LogP contribution in [-0.4, -0.2) is 25.7 Å². The summed E-state index contributed by atoms with van der Waals surface area (Å²) in [7, 11) is 0. The Morgan fingerprint density at radius 1 is 1.50 bits per heavy atom. The Morgan fingerprint density at radius 2 is 2.25 bits per heavy atom. The first kappa shape index (κ1) is 13.5. The van der Waals surface area contributed by atoms with Gasteiger partial charge in [0.2, 0.25) is 0 Å². The van der Waals surface area contributed by atoms with E-state index in [4.69, 9.17) is 4.74 Å². The van der Waals surface area contributed by atoms with Gasteiger partial charge in [0.05, 0.1) is 12.5 Å². The van der Waals surface area contributed by atoms with E-state index in [0.29, 0.717) is 6.61 Å². The molecule has 0 amide bonds. The van der Waals surface area contributed by atoms with Gasteiger partial charge in [-0.15, -0.1) is 0 Å². The van der Waals surface area contributed by atoms with Crippen LogP contribution in [0.4, 0.5) is 0 Å². The van der Waals surface area contributed by atoms with Crippen molar-refractivity contribution in [2.45, 2.75) is 40.0 Å². The molecule has 3 unspecified atom stereocenters. The summed E-state index contributed by atoms with van der Waals surface area (Å²) in [6.45, 7) is 8.35. The van der Waals surface area contributed by atoms with Crippen LogP contribution in [0.25, 0.3) is 0 Å². The summed E-state index contributed by atoms with van der Waals surface area (Å²) in [6, 6.07) is 0. The predicted molar refractivity (Wildman–Crippen MR) is 65.2 cm³/mol. The van der Waals surface area contributed by atoms with E-state index < -0.39 is 0 Å². The van der Waals surface area contributed by atoms with Crippen molar-refractivity contribution in [3.8, 4) is 0 Å². The fourth-order valence-corrected chi connectivity index (χ4v) is 2.38. The molecule has 1 fully saturated rings. The van der Waals surface area contributed by atoms with Crippen LogP contribution >= 0.6 is 0 Å². The van der Waals surface area contributed by atoms with E-state index in [1.165, 1.54) is 19.3 Å². The van der Waals surface area contributed by atoms with Gasteiger partial charge in [-0.1, -0.05) is 20.3 Å². The van der Waals surface area contributed by atoms with E-state index in [-0.39, 0.29) is 11.9 Å². The Morgan fingerprint density at radius 3 is 2.81 bits per heavy atom. The van der Waals surface area contributed by atoms with E-state index in [0.717, 1.165) is 24.9 Å². The second-order valence-corrected chi connectivity index (χ2v) is 5.10. The molecule has 1 saturated carbocycles. The molecule has 3 heteroatoms. The number of carbonyl (C=O) groups excluding carboxylic acids is 1. The molecule has 0 aliphatic heterocycles. The smallest absolute Gasteiger partial charge is 0.309 e. The van der Waals surface area contributed by atoms with E-state index in [1.54, 1.807) is 0 Å². The molecule has 0 spiro atoms. The zero-order chi connectivity index (χ0) is 12.0. The van der Waals surface area contributed by atoms with Crippen molar-refractivity contribution in [1.29, 1.82) is 0 Å². The lowest BCUT2D eigenvalue weighted by atomic mass is 10.1. The minimum atomic E-state index is -0.0882. The van der Waals surface area contributed by atoms with Gasteiger partial charge in [0.1, 0.15) is 0 Å². The zero-order valence-electron chi connectivity index (χ0n) is 10.8. The standard InChI is InChI=1S/C13H25NO2/c1-4-16-13(15)11(3)8-14-9-12-6-5-10(2)7-12/h10-12,14H,4-9H2,1-3H3. The second kappa shape index (κ2) is 6.89. The Balaban J connectivity index is 2.08. The van der Waals surface area contributed by atoms with Crippen molar-refractivity contribution >= 4 is 5.97 Å². The van der Waals surface area contributed by atoms with E-state index in [2.05, 4.69) is 12.2 Å². The highest BCUT2D eigenvalue weighted by Crippen LogP contribution is 2.29. The molecule has 16 heavy (non-hydrogen) atoms. The van der Waals surface area contributed by atoms with Gasteiger partial charge in [0.15, 0.2) is 0 Å². The summed E-state index contributed by atoms with van der Waals surface area (Å²) in [5, 5.41) is 3.39. The second-order valence-electron chi connectivity index (χ2n) is 5.10. The largest absolute Gasteiger partial charge is 0.466 e.